The summed E-state index contributed by atoms with van der Waals surface area (Å²) in [7, 11) is 0. The standard InChI is InChI=1S/C6H3Cl2.BrH.FH.Mg/c7-5-2-1-3-6(8)4-5;;;/h2-4H;2*1H;/q-1;;;+2/p-1. The molecule has 0 spiro atoms. The van der Waals surface area contributed by atoms with Crippen LogP contribution in [0, 0.1) is 6.07 Å². The van der Waals surface area contributed by atoms with E-state index in [9.17, 15) is 0 Å². The van der Waals surface area contributed by atoms with E-state index in [0.29, 0.717) is 10.0 Å². The topological polar surface area (TPSA) is 0 Å². The van der Waals surface area contributed by atoms with Crippen LogP contribution in [0.1, 0.15) is 0 Å². The Kier molecular flexibility index (Phi) is 14.8. The Morgan fingerprint density at radius 3 is 1.64 bits per heavy atom. The Labute approximate surface area is 102 Å². The average molecular weight is 270 g/mol. The summed E-state index contributed by atoms with van der Waals surface area (Å²) in [6.07, 6.45) is 0. The van der Waals surface area contributed by atoms with E-state index in [-0.39, 0.29) is 44.7 Å². The maximum atomic E-state index is 5.53. The van der Waals surface area contributed by atoms with Crippen molar-refractivity contribution in [3.05, 3.63) is 34.3 Å². The van der Waals surface area contributed by atoms with E-state index >= 15 is 0 Å². The molecule has 0 atom stereocenters. The molecule has 0 saturated carbocycles. The fourth-order valence-corrected chi connectivity index (χ4v) is 0.833. The van der Waals surface area contributed by atoms with Crippen LogP contribution in [0.15, 0.2) is 18.2 Å². The van der Waals surface area contributed by atoms with Crippen LogP contribution < -0.4 is 4.70 Å². The van der Waals surface area contributed by atoms with E-state index in [0.717, 1.165) is 0 Å². The van der Waals surface area contributed by atoms with Crippen LogP contribution in [0.2, 0.25) is 10.0 Å². The van der Waals surface area contributed by atoms with Gasteiger partial charge in [-0.1, -0.05) is 10.0 Å². The van der Waals surface area contributed by atoms with E-state index in [1.54, 1.807) is 18.2 Å². The molecule has 0 heterocycles. The molecule has 0 aromatic heterocycles. The van der Waals surface area contributed by atoms with Crippen LogP contribution in [-0.2, 0) is 0 Å². The van der Waals surface area contributed by atoms with Gasteiger partial charge in [0.25, 0.3) is 0 Å². The molecule has 1 aromatic carbocycles. The third-order valence-corrected chi connectivity index (χ3v) is 1.15. The molecule has 0 aliphatic carbocycles. The molecule has 11 heavy (non-hydrogen) atoms. The molecule has 58 valence electrons. The predicted octanol–water partition coefficient (Wildman–Crippen LogP) is -0.00531. The Bertz CT molecular complexity index is 180. The van der Waals surface area contributed by atoms with Crippen LogP contribution >= 0.6 is 40.2 Å². The van der Waals surface area contributed by atoms with Crippen LogP contribution in [0.25, 0.3) is 0 Å². The Balaban J connectivity index is -0.000000213. The molecule has 1 rings (SSSR count). The smallest absolute Gasteiger partial charge is 1.00 e. The Morgan fingerprint density at radius 2 is 1.45 bits per heavy atom. The molecule has 0 fully saturated rings. The van der Waals surface area contributed by atoms with Gasteiger partial charge in [0.2, 0.25) is 0 Å². The van der Waals surface area contributed by atoms with Gasteiger partial charge >= 0.3 is 23.1 Å². The van der Waals surface area contributed by atoms with E-state index in [1.807, 2.05) is 0 Å². The van der Waals surface area contributed by atoms with Crippen LogP contribution in [0.5, 0.6) is 0 Å². The van der Waals surface area contributed by atoms with E-state index in [2.05, 4.69) is 6.07 Å². The molecule has 0 unspecified atom stereocenters. The van der Waals surface area contributed by atoms with Crippen molar-refractivity contribution in [3.63, 3.8) is 0 Å². The van der Waals surface area contributed by atoms with Gasteiger partial charge in [-0.2, -0.15) is 41.4 Å². The number of halogens is 4. The van der Waals surface area contributed by atoms with Crippen LogP contribution in [-0.4, -0.2) is 23.1 Å². The minimum absolute atomic E-state index is 0. The summed E-state index contributed by atoms with van der Waals surface area (Å²) in [6, 6.07) is 7.75. The second-order valence-corrected chi connectivity index (χ2v) is 2.24. The molecule has 0 N–H and O–H groups in total. The summed E-state index contributed by atoms with van der Waals surface area (Å²) in [5.74, 6) is 0. The van der Waals surface area contributed by atoms with Gasteiger partial charge in [0.05, 0.1) is 0 Å². The molecule has 0 nitrogen and oxygen atoms in total. The van der Waals surface area contributed by atoms with Crippen LogP contribution in [0.3, 0.4) is 0 Å². The largest absolute Gasteiger partial charge is 2.00 e. The van der Waals surface area contributed by atoms with Gasteiger partial charge < -0.3 is 4.70 Å². The van der Waals surface area contributed by atoms with Crippen LogP contribution in [0.4, 0.5) is 0 Å². The maximum Gasteiger partial charge on any atom is 2.00 e. The van der Waals surface area contributed by atoms with Crippen molar-refractivity contribution in [1.82, 2.24) is 0 Å². The maximum absolute atomic E-state index is 5.53. The van der Waals surface area contributed by atoms with Crippen molar-refractivity contribution in [2.24, 2.45) is 0 Å². The summed E-state index contributed by atoms with van der Waals surface area (Å²) < 4.78 is 0. The van der Waals surface area contributed by atoms with E-state index in [1.165, 1.54) is 0 Å². The quantitative estimate of drug-likeness (QED) is 0.460. The fourth-order valence-electron chi connectivity index (χ4n) is 0.416. The van der Waals surface area contributed by atoms with E-state index < -0.39 is 0 Å². The van der Waals surface area contributed by atoms with Crippen molar-refractivity contribution in [3.8, 4) is 0 Å². The summed E-state index contributed by atoms with van der Waals surface area (Å²) in [5.41, 5.74) is 0. The summed E-state index contributed by atoms with van der Waals surface area (Å²) in [6.45, 7) is 0. The van der Waals surface area contributed by atoms with Gasteiger partial charge in [-0.15, -0.1) is 23.0 Å². The van der Waals surface area contributed by atoms with E-state index in [4.69, 9.17) is 23.2 Å². The van der Waals surface area contributed by atoms with Crippen molar-refractivity contribution in [2.75, 3.05) is 0 Å². The van der Waals surface area contributed by atoms with Crippen molar-refractivity contribution in [2.45, 2.75) is 0 Å². The van der Waals surface area contributed by atoms with Gasteiger partial charge in [0, 0.05) is 0 Å². The zero-order chi connectivity index (χ0) is 5.98. The predicted molar refractivity (Wildman–Crippen MR) is 51.4 cm³/mol. The zero-order valence-electron chi connectivity index (χ0n) is 5.48. The molecule has 0 saturated heterocycles. The first-order chi connectivity index (χ1) is 3.79. The first-order valence-corrected chi connectivity index (χ1v) is 2.87. The molecule has 0 aliphatic rings. The molecule has 0 aliphatic heterocycles. The molecule has 0 radical (unpaired) electrons. The third kappa shape index (κ3) is 7.34. The normalized spacial score (nSPS) is 6.73. The molecule has 1 aromatic rings. The minimum Gasteiger partial charge on any atom is -1.00 e. The molecule has 0 bridgehead atoms. The van der Waals surface area contributed by atoms with Crippen molar-refractivity contribution >= 4 is 63.2 Å². The second-order valence-electron chi connectivity index (χ2n) is 1.37. The average Bonchev–Trinajstić information content (AvgIpc) is 1.64. The molecule has 0 amide bonds. The van der Waals surface area contributed by atoms with Gasteiger partial charge in [-0.05, 0) is 0 Å². The SMILES string of the molecule is Br.Clc1c[c-]cc(Cl)c1.[F-].[Mg+2]. The van der Waals surface area contributed by atoms with Gasteiger partial charge in [-0.25, -0.2) is 0 Å². The zero-order valence-corrected chi connectivity index (χ0v) is 10.1. The second kappa shape index (κ2) is 9.07. The summed E-state index contributed by atoms with van der Waals surface area (Å²) >= 11 is 11.1. The number of benzene rings is 1. The van der Waals surface area contributed by atoms with Crippen molar-refractivity contribution in [1.29, 1.82) is 0 Å². The Morgan fingerprint density at radius 1 is 1.09 bits per heavy atom. The van der Waals surface area contributed by atoms with Gasteiger partial charge in [-0.3, -0.25) is 0 Å². The molecular formula is C6H4BrCl2FMg. The fraction of sp³-hybridized carbons (Fsp3) is 0. The Hall–Kier alpha value is 0.976. The first kappa shape index (κ1) is 17.9. The number of hydrogen-bond donors (Lipinski definition) is 0. The minimum atomic E-state index is 0. The van der Waals surface area contributed by atoms with Gasteiger partial charge in [0.1, 0.15) is 0 Å². The summed E-state index contributed by atoms with van der Waals surface area (Å²) in [5, 5.41) is 1.25. The third-order valence-electron chi connectivity index (χ3n) is 0.718. The molecule has 5 heteroatoms. The monoisotopic (exact) mass is 268 g/mol. The summed E-state index contributed by atoms with van der Waals surface area (Å²) in [4.78, 5) is 0. The number of hydrogen-bond acceptors (Lipinski definition) is 0. The van der Waals surface area contributed by atoms with Crippen molar-refractivity contribution < 1.29 is 4.70 Å². The molecular weight excluding hydrogens is 266 g/mol. The van der Waals surface area contributed by atoms with Gasteiger partial charge in [0.15, 0.2) is 0 Å². The first-order valence-electron chi connectivity index (χ1n) is 2.11. The number of rotatable bonds is 0.